The molecular formula is C13H26F3N3O. The van der Waals surface area contributed by atoms with Gasteiger partial charge in [0.25, 0.3) is 0 Å². The molecule has 0 spiro atoms. The van der Waals surface area contributed by atoms with Crippen molar-refractivity contribution in [3.8, 4) is 0 Å². The van der Waals surface area contributed by atoms with E-state index < -0.39 is 12.6 Å². The Hall–Kier alpha value is -0.980. The fraction of sp³-hybridized carbons (Fsp3) is 0.923. The highest BCUT2D eigenvalue weighted by Crippen LogP contribution is 2.17. The summed E-state index contributed by atoms with van der Waals surface area (Å²) >= 11 is 0. The van der Waals surface area contributed by atoms with Crippen molar-refractivity contribution in [3.05, 3.63) is 0 Å². The fourth-order valence-electron chi connectivity index (χ4n) is 1.37. The SMILES string of the molecule is CCCCOCCCN=C(NCC)NCCC(F)(F)F. The molecule has 0 aromatic rings. The van der Waals surface area contributed by atoms with Gasteiger partial charge in [0.2, 0.25) is 0 Å². The standard InChI is InChI=1S/C13H26F3N3O/c1-3-5-10-20-11-6-8-18-12(17-4-2)19-9-7-13(14,15)16/h3-11H2,1-2H3,(H2,17,18,19). The molecule has 0 rings (SSSR count). The van der Waals surface area contributed by atoms with Crippen molar-refractivity contribution < 1.29 is 17.9 Å². The van der Waals surface area contributed by atoms with Gasteiger partial charge in [-0.2, -0.15) is 13.2 Å². The van der Waals surface area contributed by atoms with Crippen molar-refractivity contribution in [3.63, 3.8) is 0 Å². The molecule has 0 aliphatic heterocycles. The summed E-state index contributed by atoms with van der Waals surface area (Å²) in [5.41, 5.74) is 0. The van der Waals surface area contributed by atoms with Gasteiger partial charge >= 0.3 is 6.18 Å². The number of nitrogens with one attached hydrogen (secondary N) is 2. The molecule has 20 heavy (non-hydrogen) atoms. The average Bonchev–Trinajstić information content (AvgIpc) is 2.36. The predicted octanol–water partition coefficient (Wildman–Crippen LogP) is 2.70. The van der Waals surface area contributed by atoms with Crippen molar-refractivity contribution in [2.75, 3.05) is 32.8 Å². The van der Waals surface area contributed by atoms with Crippen LogP contribution in [0, 0.1) is 0 Å². The maximum absolute atomic E-state index is 12.0. The number of ether oxygens (including phenoxy) is 1. The van der Waals surface area contributed by atoms with Crippen LogP contribution in [0.4, 0.5) is 13.2 Å². The molecule has 0 aliphatic carbocycles. The summed E-state index contributed by atoms with van der Waals surface area (Å²) in [5.74, 6) is 0.422. The Balaban J connectivity index is 3.78. The molecule has 0 amide bonds. The van der Waals surface area contributed by atoms with Gasteiger partial charge in [0.05, 0.1) is 6.42 Å². The van der Waals surface area contributed by atoms with Gasteiger partial charge < -0.3 is 15.4 Å². The molecule has 7 heteroatoms. The fourth-order valence-corrected chi connectivity index (χ4v) is 1.37. The Bertz CT molecular complexity index is 258. The minimum absolute atomic E-state index is 0.164. The Morgan fingerprint density at radius 2 is 1.80 bits per heavy atom. The number of alkyl halides is 3. The number of halogens is 3. The summed E-state index contributed by atoms with van der Waals surface area (Å²) in [6.45, 7) is 6.34. The first-order chi connectivity index (χ1) is 9.49. The largest absolute Gasteiger partial charge is 0.390 e. The Morgan fingerprint density at radius 3 is 2.40 bits per heavy atom. The molecule has 0 bridgehead atoms. The monoisotopic (exact) mass is 297 g/mol. The van der Waals surface area contributed by atoms with Crippen LogP contribution in [0.25, 0.3) is 0 Å². The lowest BCUT2D eigenvalue weighted by Gasteiger charge is -2.12. The number of aliphatic imine (C=N–C) groups is 1. The molecule has 0 radical (unpaired) electrons. The number of hydrogen-bond acceptors (Lipinski definition) is 2. The Kier molecular flexibility index (Phi) is 11.2. The van der Waals surface area contributed by atoms with Gasteiger partial charge in [-0.15, -0.1) is 0 Å². The van der Waals surface area contributed by atoms with E-state index in [0.717, 1.165) is 25.9 Å². The minimum Gasteiger partial charge on any atom is -0.381 e. The van der Waals surface area contributed by atoms with Crippen molar-refractivity contribution >= 4 is 5.96 Å². The number of hydrogen-bond donors (Lipinski definition) is 2. The molecule has 0 heterocycles. The molecule has 2 N–H and O–H groups in total. The van der Waals surface area contributed by atoms with Crippen LogP contribution in [0.1, 0.15) is 39.5 Å². The van der Waals surface area contributed by atoms with Gasteiger partial charge in [0.1, 0.15) is 0 Å². The quantitative estimate of drug-likeness (QED) is 0.370. The van der Waals surface area contributed by atoms with Crippen molar-refractivity contribution in [2.45, 2.75) is 45.7 Å². The zero-order valence-electron chi connectivity index (χ0n) is 12.4. The first-order valence-corrected chi connectivity index (χ1v) is 7.16. The average molecular weight is 297 g/mol. The molecule has 0 saturated heterocycles. The van der Waals surface area contributed by atoms with E-state index in [1.165, 1.54) is 0 Å². The zero-order chi connectivity index (χ0) is 15.3. The molecule has 0 aromatic heterocycles. The number of rotatable bonds is 10. The molecular weight excluding hydrogens is 271 g/mol. The van der Waals surface area contributed by atoms with Crippen molar-refractivity contribution in [2.24, 2.45) is 4.99 Å². The summed E-state index contributed by atoms with van der Waals surface area (Å²) in [4.78, 5) is 4.20. The van der Waals surface area contributed by atoms with E-state index in [0.29, 0.717) is 25.7 Å². The minimum atomic E-state index is -4.14. The highest BCUT2D eigenvalue weighted by molar-refractivity contribution is 5.79. The molecule has 0 aromatic carbocycles. The summed E-state index contributed by atoms with van der Waals surface area (Å²) < 4.78 is 41.5. The van der Waals surface area contributed by atoms with Crippen LogP contribution in [0.3, 0.4) is 0 Å². The van der Waals surface area contributed by atoms with E-state index in [2.05, 4.69) is 22.5 Å². The number of guanidine groups is 1. The van der Waals surface area contributed by atoms with Gasteiger partial charge in [0, 0.05) is 32.8 Å². The first-order valence-electron chi connectivity index (χ1n) is 7.16. The molecule has 0 fully saturated rings. The highest BCUT2D eigenvalue weighted by atomic mass is 19.4. The highest BCUT2D eigenvalue weighted by Gasteiger charge is 2.26. The third-order valence-electron chi connectivity index (χ3n) is 2.40. The lowest BCUT2D eigenvalue weighted by Crippen LogP contribution is -2.39. The van der Waals surface area contributed by atoms with Gasteiger partial charge in [-0.3, -0.25) is 4.99 Å². The maximum Gasteiger partial charge on any atom is 0.390 e. The number of nitrogens with zero attached hydrogens (tertiary/aromatic N) is 1. The van der Waals surface area contributed by atoms with Crippen LogP contribution in [0.2, 0.25) is 0 Å². The Morgan fingerprint density at radius 1 is 1.10 bits per heavy atom. The van der Waals surface area contributed by atoms with E-state index in [4.69, 9.17) is 4.74 Å². The normalized spacial score (nSPS) is 12.6. The first kappa shape index (κ1) is 19.0. The number of unbranched alkanes of at least 4 members (excludes halogenated alkanes) is 1. The van der Waals surface area contributed by atoms with Gasteiger partial charge in [-0.05, 0) is 19.8 Å². The van der Waals surface area contributed by atoms with Gasteiger partial charge in [-0.25, -0.2) is 0 Å². The smallest absolute Gasteiger partial charge is 0.381 e. The molecule has 4 nitrogen and oxygen atoms in total. The van der Waals surface area contributed by atoms with E-state index in [9.17, 15) is 13.2 Å². The maximum atomic E-state index is 12.0. The summed E-state index contributed by atoms with van der Waals surface area (Å²) in [7, 11) is 0. The zero-order valence-corrected chi connectivity index (χ0v) is 12.4. The summed E-state index contributed by atoms with van der Waals surface area (Å²) in [6.07, 6.45) is -2.09. The molecule has 0 saturated carbocycles. The van der Waals surface area contributed by atoms with E-state index >= 15 is 0 Å². The van der Waals surface area contributed by atoms with Gasteiger partial charge in [0.15, 0.2) is 5.96 Å². The molecule has 120 valence electrons. The Labute approximate surface area is 119 Å². The third-order valence-corrected chi connectivity index (χ3v) is 2.40. The van der Waals surface area contributed by atoms with Crippen LogP contribution in [0.5, 0.6) is 0 Å². The second kappa shape index (κ2) is 11.8. The molecule has 0 unspecified atom stereocenters. The summed E-state index contributed by atoms with van der Waals surface area (Å²) in [5, 5.41) is 5.58. The van der Waals surface area contributed by atoms with E-state index in [1.54, 1.807) is 0 Å². The van der Waals surface area contributed by atoms with Crippen LogP contribution >= 0.6 is 0 Å². The topological polar surface area (TPSA) is 45.6 Å². The predicted molar refractivity (Wildman–Crippen MR) is 75.0 cm³/mol. The van der Waals surface area contributed by atoms with Crippen LogP contribution in [-0.4, -0.2) is 45.0 Å². The van der Waals surface area contributed by atoms with E-state index in [1.807, 2.05) is 6.92 Å². The second-order valence-electron chi connectivity index (χ2n) is 4.37. The van der Waals surface area contributed by atoms with Gasteiger partial charge in [-0.1, -0.05) is 13.3 Å². The van der Waals surface area contributed by atoms with E-state index in [-0.39, 0.29) is 6.54 Å². The second-order valence-corrected chi connectivity index (χ2v) is 4.37. The molecule has 0 aliphatic rings. The van der Waals surface area contributed by atoms with Crippen molar-refractivity contribution in [1.29, 1.82) is 0 Å². The van der Waals surface area contributed by atoms with Crippen LogP contribution < -0.4 is 10.6 Å². The van der Waals surface area contributed by atoms with Crippen molar-refractivity contribution in [1.82, 2.24) is 10.6 Å². The molecule has 0 atom stereocenters. The lowest BCUT2D eigenvalue weighted by molar-refractivity contribution is -0.132. The summed E-state index contributed by atoms with van der Waals surface area (Å²) in [6, 6.07) is 0. The van der Waals surface area contributed by atoms with Crippen LogP contribution in [0.15, 0.2) is 4.99 Å². The lowest BCUT2D eigenvalue weighted by atomic mass is 10.4. The van der Waals surface area contributed by atoms with Crippen LogP contribution in [-0.2, 0) is 4.74 Å². The third kappa shape index (κ3) is 13.5.